The van der Waals surface area contributed by atoms with Gasteiger partial charge in [-0.15, -0.1) is 0 Å². The van der Waals surface area contributed by atoms with E-state index in [9.17, 15) is 9.18 Å². The number of halogens is 1. The molecule has 1 unspecified atom stereocenters. The van der Waals surface area contributed by atoms with Gasteiger partial charge in [0.1, 0.15) is 18.6 Å². The summed E-state index contributed by atoms with van der Waals surface area (Å²) in [7, 11) is 2.68. The van der Waals surface area contributed by atoms with Gasteiger partial charge < -0.3 is 14.4 Å². The van der Waals surface area contributed by atoms with Crippen molar-refractivity contribution in [3.05, 3.63) is 65.5 Å². The molecule has 142 valence electrons. The van der Waals surface area contributed by atoms with E-state index in [1.165, 1.54) is 32.6 Å². The molecular weight excluding hydrogens is 353 g/mol. The van der Waals surface area contributed by atoms with Crippen LogP contribution in [0.15, 0.2) is 58.8 Å². The molecule has 0 aliphatic carbocycles. The van der Waals surface area contributed by atoms with E-state index in [1.807, 2.05) is 6.07 Å². The standard InChI is InChI=1S/C19H20FN3O4/c1-13(16-6-4-5-7-17(16)22-19(24)25-2)27-21-12-18(23-26-3)14-8-10-15(20)11-9-14/h4-13H,1-3H3,(H,22,24)/b21-12-,23-18-. The van der Waals surface area contributed by atoms with Gasteiger partial charge in [0.15, 0.2) is 6.10 Å². The van der Waals surface area contributed by atoms with Gasteiger partial charge in [0.25, 0.3) is 0 Å². The first-order chi connectivity index (χ1) is 13.0. The molecule has 27 heavy (non-hydrogen) atoms. The van der Waals surface area contributed by atoms with Crippen molar-refractivity contribution in [2.24, 2.45) is 10.3 Å². The van der Waals surface area contributed by atoms with Crippen LogP contribution in [0.2, 0.25) is 0 Å². The predicted octanol–water partition coefficient (Wildman–Crippen LogP) is 4.12. The summed E-state index contributed by atoms with van der Waals surface area (Å²) in [6.07, 6.45) is 0.319. The van der Waals surface area contributed by atoms with E-state index < -0.39 is 12.2 Å². The monoisotopic (exact) mass is 373 g/mol. The van der Waals surface area contributed by atoms with Crippen molar-refractivity contribution in [1.29, 1.82) is 0 Å². The smallest absolute Gasteiger partial charge is 0.411 e. The van der Waals surface area contributed by atoms with Crippen LogP contribution < -0.4 is 5.32 Å². The van der Waals surface area contributed by atoms with E-state index in [2.05, 4.69) is 20.4 Å². The summed E-state index contributed by atoms with van der Waals surface area (Å²) in [6, 6.07) is 12.9. The van der Waals surface area contributed by atoms with Gasteiger partial charge in [0.2, 0.25) is 0 Å². The third-order valence-electron chi connectivity index (χ3n) is 3.54. The molecule has 0 bridgehead atoms. The van der Waals surface area contributed by atoms with Crippen LogP contribution in [-0.4, -0.2) is 32.2 Å². The summed E-state index contributed by atoms with van der Waals surface area (Å²) in [4.78, 5) is 21.7. The second kappa shape index (κ2) is 9.91. The molecule has 1 N–H and O–H groups in total. The second-order valence-corrected chi connectivity index (χ2v) is 5.35. The van der Waals surface area contributed by atoms with Gasteiger partial charge in [-0.05, 0) is 37.3 Å². The summed E-state index contributed by atoms with van der Waals surface area (Å²) in [5, 5.41) is 10.4. The van der Waals surface area contributed by atoms with Crippen molar-refractivity contribution >= 4 is 23.7 Å². The van der Waals surface area contributed by atoms with Gasteiger partial charge in [-0.1, -0.05) is 28.5 Å². The molecule has 0 fully saturated rings. The molecule has 0 saturated carbocycles. The number of rotatable bonds is 7. The summed E-state index contributed by atoms with van der Waals surface area (Å²) >= 11 is 0. The van der Waals surface area contributed by atoms with Crippen LogP contribution in [-0.2, 0) is 14.4 Å². The number of carbonyl (C=O) groups excluding carboxylic acids is 1. The number of ether oxygens (including phenoxy) is 1. The molecule has 7 nitrogen and oxygen atoms in total. The number of anilines is 1. The molecule has 2 aromatic rings. The quantitative estimate of drug-likeness (QED) is 0.585. The first-order valence-corrected chi connectivity index (χ1v) is 8.05. The Bertz CT molecular complexity index is 822. The molecular formula is C19H20FN3O4. The number of oxime groups is 2. The molecule has 0 aliphatic heterocycles. The topological polar surface area (TPSA) is 81.5 Å². The summed E-state index contributed by atoms with van der Waals surface area (Å²) < 4.78 is 17.7. The van der Waals surface area contributed by atoms with E-state index in [0.29, 0.717) is 22.5 Å². The second-order valence-electron chi connectivity index (χ2n) is 5.35. The summed E-state index contributed by atoms with van der Waals surface area (Å²) in [5.74, 6) is -0.355. The Morgan fingerprint density at radius 2 is 1.85 bits per heavy atom. The SMILES string of the molecule is CO/N=C(/C=N\OC(C)c1ccccc1NC(=O)OC)c1ccc(F)cc1. The Hall–Kier alpha value is -3.42. The average molecular weight is 373 g/mol. The number of nitrogens with zero attached hydrogens (tertiary/aromatic N) is 2. The highest BCUT2D eigenvalue weighted by Gasteiger charge is 2.13. The minimum absolute atomic E-state index is 0.355. The number of hydrogen-bond acceptors (Lipinski definition) is 6. The van der Waals surface area contributed by atoms with Crippen LogP contribution in [0, 0.1) is 5.82 Å². The Kier molecular flexibility index (Phi) is 7.30. The minimum Gasteiger partial charge on any atom is -0.453 e. The zero-order chi connectivity index (χ0) is 19.6. The van der Waals surface area contributed by atoms with Gasteiger partial charge in [-0.3, -0.25) is 5.32 Å². The third-order valence-corrected chi connectivity index (χ3v) is 3.54. The molecule has 0 spiro atoms. The van der Waals surface area contributed by atoms with Crippen LogP contribution >= 0.6 is 0 Å². The Morgan fingerprint density at radius 1 is 1.15 bits per heavy atom. The molecule has 2 rings (SSSR count). The number of amides is 1. The number of benzene rings is 2. The lowest BCUT2D eigenvalue weighted by atomic mass is 10.1. The largest absolute Gasteiger partial charge is 0.453 e. The lowest BCUT2D eigenvalue weighted by molar-refractivity contribution is 0.0743. The summed E-state index contributed by atoms with van der Waals surface area (Å²) in [6.45, 7) is 1.78. The molecule has 1 atom stereocenters. The Morgan fingerprint density at radius 3 is 2.52 bits per heavy atom. The van der Waals surface area contributed by atoms with E-state index in [-0.39, 0.29) is 5.82 Å². The van der Waals surface area contributed by atoms with Crippen molar-refractivity contribution in [3.8, 4) is 0 Å². The highest BCUT2D eigenvalue weighted by atomic mass is 19.1. The minimum atomic E-state index is -0.580. The first kappa shape index (κ1) is 19.9. The fraction of sp³-hybridized carbons (Fsp3) is 0.211. The molecule has 0 radical (unpaired) electrons. The number of methoxy groups -OCH3 is 1. The van der Waals surface area contributed by atoms with Crippen LogP contribution in [0.1, 0.15) is 24.2 Å². The van der Waals surface area contributed by atoms with E-state index >= 15 is 0 Å². The molecule has 1 amide bonds. The highest BCUT2D eigenvalue weighted by Crippen LogP contribution is 2.25. The molecule has 2 aromatic carbocycles. The van der Waals surface area contributed by atoms with Crippen molar-refractivity contribution in [2.45, 2.75) is 13.0 Å². The fourth-order valence-electron chi connectivity index (χ4n) is 2.22. The lowest BCUT2D eigenvalue weighted by Crippen LogP contribution is -2.13. The van der Waals surface area contributed by atoms with Gasteiger partial charge in [-0.2, -0.15) is 0 Å². The van der Waals surface area contributed by atoms with Gasteiger partial charge >= 0.3 is 6.09 Å². The van der Waals surface area contributed by atoms with Crippen molar-refractivity contribution in [3.63, 3.8) is 0 Å². The maximum atomic E-state index is 13.1. The normalized spacial score (nSPS) is 12.5. The van der Waals surface area contributed by atoms with Gasteiger partial charge in [0.05, 0.1) is 19.0 Å². The van der Waals surface area contributed by atoms with Crippen LogP contribution in [0.4, 0.5) is 14.9 Å². The number of nitrogens with one attached hydrogen (secondary N) is 1. The number of carbonyl (C=O) groups is 1. The Labute approximate surface area is 156 Å². The fourth-order valence-corrected chi connectivity index (χ4v) is 2.22. The number of para-hydroxylation sites is 1. The maximum Gasteiger partial charge on any atom is 0.411 e. The van der Waals surface area contributed by atoms with E-state index in [4.69, 9.17) is 9.68 Å². The lowest BCUT2D eigenvalue weighted by Gasteiger charge is -2.15. The molecule has 0 saturated heterocycles. The zero-order valence-electron chi connectivity index (χ0n) is 15.2. The van der Waals surface area contributed by atoms with Crippen molar-refractivity contribution in [1.82, 2.24) is 0 Å². The molecule has 0 aliphatic rings. The van der Waals surface area contributed by atoms with Gasteiger partial charge in [0, 0.05) is 11.1 Å². The van der Waals surface area contributed by atoms with Crippen molar-refractivity contribution < 1.29 is 23.6 Å². The van der Waals surface area contributed by atoms with Crippen LogP contribution in [0.25, 0.3) is 0 Å². The average Bonchev–Trinajstić information content (AvgIpc) is 2.68. The van der Waals surface area contributed by atoms with Crippen LogP contribution in [0.3, 0.4) is 0 Å². The highest BCUT2D eigenvalue weighted by molar-refractivity contribution is 6.37. The number of hydrogen-bond donors (Lipinski definition) is 1. The molecule has 8 heteroatoms. The van der Waals surface area contributed by atoms with Crippen LogP contribution in [0.5, 0.6) is 0 Å². The summed E-state index contributed by atoms with van der Waals surface area (Å²) in [5.41, 5.74) is 2.25. The molecule has 0 aromatic heterocycles. The molecule has 0 heterocycles. The first-order valence-electron chi connectivity index (χ1n) is 8.05. The van der Waals surface area contributed by atoms with E-state index in [1.54, 1.807) is 37.3 Å². The zero-order valence-corrected chi connectivity index (χ0v) is 15.2. The van der Waals surface area contributed by atoms with Gasteiger partial charge in [-0.25, -0.2) is 9.18 Å². The third kappa shape index (κ3) is 5.81. The maximum absolute atomic E-state index is 13.1. The van der Waals surface area contributed by atoms with Crippen molar-refractivity contribution in [2.75, 3.05) is 19.5 Å². The van der Waals surface area contributed by atoms with E-state index in [0.717, 1.165) is 0 Å². The Balaban J connectivity index is 2.11. The predicted molar refractivity (Wildman–Crippen MR) is 100 cm³/mol.